The molecule has 0 spiro atoms. The number of nitrogens with one attached hydrogen (secondary N) is 1. The van der Waals surface area contributed by atoms with E-state index in [1.807, 2.05) is 6.07 Å². The molecule has 4 nitrogen and oxygen atoms in total. The van der Waals surface area contributed by atoms with Crippen molar-refractivity contribution in [2.24, 2.45) is 17.0 Å². The lowest BCUT2D eigenvalue weighted by Gasteiger charge is -2.39. The molecule has 0 bridgehead atoms. The normalized spacial score (nSPS) is 28.1. The Hall–Kier alpha value is -1.33. The summed E-state index contributed by atoms with van der Waals surface area (Å²) in [6.07, 6.45) is 5.44. The number of sulfonamides is 1. The fraction of sp³-hybridized carbons (Fsp3) is 0.467. The molecule has 0 radical (unpaired) electrons. The summed E-state index contributed by atoms with van der Waals surface area (Å²) in [6.45, 7) is 4.44. The summed E-state index contributed by atoms with van der Waals surface area (Å²) < 4.78 is 23.0. The number of fused-ring (bicyclic) bond motifs is 3. The summed E-state index contributed by atoms with van der Waals surface area (Å²) in [5.74, 6) is 1.33. The molecule has 1 aliphatic heterocycles. The summed E-state index contributed by atoms with van der Waals surface area (Å²) >= 11 is 0. The lowest BCUT2D eigenvalue weighted by molar-refractivity contribution is 0.342. The first-order chi connectivity index (χ1) is 9.38. The van der Waals surface area contributed by atoms with E-state index in [4.69, 9.17) is 5.14 Å². The van der Waals surface area contributed by atoms with Gasteiger partial charge >= 0.3 is 0 Å². The van der Waals surface area contributed by atoms with Crippen LogP contribution in [0.5, 0.6) is 0 Å². The largest absolute Gasteiger partial charge is 0.381 e. The lowest BCUT2D eigenvalue weighted by Crippen LogP contribution is -2.39. The molecule has 0 fully saturated rings. The van der Waals surface area contributed by atoms with Crippen molar-refractivity contribution in [3.63, 3.8) is 0 Å². The highest BCUT2D eigenvalue weighted by atomic mass is 32.2. The number of hydrogen-bond donors (Lipinski definition) is 2. The van der Waals surface area contributed by atoms with Crippen LogP contribution in [0.3, 0.4) is 0 Å². The van der Waals surface area contributed by atoms with Crippen LogP contribution in [0.2, 0.25) is 0 Å². The molecule has 1 aliphatic carbocycles. The molecule has 3 rings (SSSR count). The van der Waals surface area contributed by atoms with Gasteiger partial charge in [-0.15, -0.1) is 0 Å². The molecule has 1 heterocycles. The van der Waals surface area contributed by atoms with Crippen molar-refractivity contribution < 1.29 is 8.42 Å². The third-order valence-electron chi connectivity index (χ3n) is 4.43. The fourth-order valence-electron chi connectivity index (χ4n) is 3.45. The van der Waals surface area contributed by atoms with Gasteiger partial charge in [-0.25, -0.2) is 13.6 Å². The Bertz CT molecular complexity index is 664. The van der Waals surface area contributed by atoms with Crippen molar-refractivity contribution in [3.8, 4) is 0 Å². The van der Waals surface area contributed by atoms with Gasteiger partial charge in [-0.2, -0.15) is 0 Å². The van der Waals surface area contributed by atoms with Crippen molar-refractivity contribution in [1.82, 2.24) is 0 Å². The van der Waals surface area contributed by atoms with Crippen molar-refractivity contribution in [2.75, 3.05) is 5.32 Å². The Balaban J connectivity index is 2.09. The van der Waals surface area contributed by atoms with E-state index in [0.29, 0.717) is 23.8 Å². The summed E-state index contributed by atoms with van der Waals surface area (Å²) in [7, 11) is -3.65. The van der Waals surface area contributed by atoms with Crippen LogP contribution in [-0.4, -0.2) is 14.5 Å². The molecule has 0 unspecified atom stereocenters. The monoisotopic (exact) mass is 292 g/mol. The van der Waals surface area contributed by atoms with E-state index in [9.17, 15) is 8.42 Å². The molecule has 108 valence electrons. The van der Waals surface area contributed by atoms with Gasteiger partial charge in [0.05, 0.1) is 4.90 Å². The number of rotatable bonds is 2. The molecular formula is C15H20N2O2S. The van der Waals surface area contributed by atoms with Gasteiger partial charge in [0.2, 0.25) is 10.0 Å². The third kappa shape index (κ3) is 2.15. The minimum absolute atomic E-state index is 0.195. The van der Waals surface area contributed by atoms with Crippen LogP contribution in [0.25, 0.3) is 0 Å². The summed E-state index contributed by atoms with van der Waals surface area (Å²) in [5, 5.41) is 8.81. The van der Waals surface area contributed by atoms with Gasteiger partial charge in [0, 0.05) is 17.6 Å². The van der Waals surface area contributed by atoms with E-state index in [2.05, 4.69) is 31.3 Å². The highest BCUT2D eigenvalue weighted by Crippen LogP contribution is 2.46. The zero-order valence-electron chi connectivity index (χ0n) is 11.7. The zero-order valence-corrected chi connectivity index (χ0v) is 12.5. The van der Waals surface area contributed by atoms with E-state index in [0.717, 1.165) is 17.7 Å². The van der Waals surface area contributed by atoms with E-state index in [-0.39, 0.29) is 4.90 Å². The van der Waals surface area contributed by atoms with Gasteiger partial charge in [0.15, 0.2) is 0 Å². The van der Waals surface area contributed by atoms with Crippen LogP contribution in [0, 0.1) is 11.8 Å². The molecule has 0 aromatic heterocycles. The molecule has 5 heteroatoms. The summed E-state index contributed by atoms with van der Waals surface area (Å²) in [6, 6.07) is 5.56. The molecule has 1 aromatic rings. The second-order valence-corrected chi connectivity index (χ2v) is 7.62. The van der Waals surface area contributed by atoms with Gasteiger partial charge in [-0.1, -0.05) is 26.0 Å². The number of anilines is 1. The van der Waals surface area contributed by atoms with Gasteiger partial charge in [0.1, 0.15) is 0 Å². The zero-order chi connectivity index (χ0) is 14.5. The summed E-state index contributed by atoms with van der Waals surface area (Å²) in [4.78, 5) is 0.195. The molecule has 0 saturated carbocycles. The minimum Gasteiger partial charge on any atom is -0.381 e. The van der Waals surface area contributed by atoms with Crippen molar-refractivity contribution in [1.29, 1.82) is 0 Å². The molecule has 3 N–H and O–H groups in total. The predicted octanol–water partition coefficient (Wildman–Crippen LogP) is 2.44. The van der Waals surface area contributed by atoms with Gasteiger partial charge in [-0.3, -0.25) is 0 Å². The molecule has 3 atom stereocenters. The van der Waals surface area contributed by atoms with Crippen LogP contribution in [-0.2, 0) is 10.0 Å². The maximum Gasteiger partial charge on any atom is 0.238 e. The van der Waals surface area contributed by atoms with Crippen LogP contribution in [0.15, 0.2) is 35.2 Å². The number of hydrogen-bond acceptors (Lipinski definition) is 3. The van der Waals surface area contributed by atoms with Crippen LogP contribution in [0.4, 0.5) is 5.69 Å². The number of nitrogens with two attached hydrogens (primary N) is 1. The number of benzene rings is 1. The fourth-order valence-corrected chi connectivity index (χ4v) is 4.00. The van der Waals surface area contributed by atoms with Crippen molar-refractivity contribution >= 4 is 15.7 Å². The van der Waals surface area contributed by atoms with E-state index < -0.39 is 10.0 Å². The van der Waals surface area contributed by atoms with Crippen molar-refractivity contribution in [3.05, 3.63) is 35.9 Å². The van der Waals surface area contributed by atoms with E-state index in [1.54, 1.807) is 12.1 Å². The maximum atomic E-state index is 11.5. The van der Waals surface area contributed by atoms with Gasteiger partial charge in [-0.05, 0) is 42.0 Å². The minimum atomic E-state index is -3.65. The Morgan fingerprint density at radius 3 is 2.75 bits per heavy atom. The molecular weight excluding hydrogens is 272 g/mol. The average molecular weight is 292 g/mol. The quantitative estimate of drug-likeness (QED) is 0.822. The Labute approximate surface area is 120 Å². The first-order valence-electron chi connectivity index (χ1n) is 6.98. The summed E-state index contributed by atoms with van der Waals surface area (Å²) in [5.41, 5.74) is 2.08. The predicted molar refractivity (Wildman–Crippen MR) is 80.1 cm³/mol. The van der Waals surface area contributed by atoms with E-state index >= 15 is 0 Å². The first kappa shape index (κ1) is 13.6. The second kappa shape index (κ2) is 4.60. The molecule has 0 amide bonds. The van der Waals surface area contributed by atoms with E-state index in [1.165, 1.54) is 0 Å². The number of allylic oxidation sites excluding steroid dienone is 2. The molecule has 2 aliphatic rings. The molecule has 0 saturated heterocycles. The third-order valence-corrected chi connectivity index (χ3v) is 5.34. The van der Waals surface area contributed by atoms with Crippen LogP contribution in [0.1, 0.15) is 31.7 Å². The first-order valence-corrected chi connectivity index (χ1v) is 8.52. The topological polar surface area (TPSA) is 72.2 Å². The maximum absolute atomic E-state index is 11.5. The standard InChI is InChI=1S/C15H20N2O2S/c1-9(2)15-12-5-3-4-11(12)13-8-10(20(16,18)19)6-7-14(13)17-15/h3-4,6-9,11-12,15,17H,5H2,1-2H3,(H2,16,18,19)/t11-,12-,15+/m0/s1. The van der Waals surface area contributed by atoms with Crippen LogP contribution >= 0.6 is 0 Å². The molecule has 20 heavy (non-hydrogen) atoms. The SMILES string of the molecule is CC(C)[C@H]1Nc2ccc(S(N)(=O)=O)cc2[C@H]2C=CC[C@@H]21. The molecule has 1 aromatic carbocycles. The highest BCUT2D eigenvalue weighted by Gasteiger charge is 2.38. The average Bonchev–Trinajstić information content (AvgIpc) is 2.85. The second-order valence-electron chi connectivity index (χ2n) is 6.06. The van der Waals surface area contributed by atoms with Crippen molar-refractivity contribution in [2.45, 2.75) is 37.1 Å². The Kier molecular flexibility index (Phi) is 3.14. The van der Waals surface area contributed by atoms with Gasteiger partial charge in [0.25, 0.3) is 0 Å². The van der Waals surface area contributed by atoms with Crippen LogP contribution < -0.4 is 10.5 Å². The Morgan fingerprint density at radius 1 is 1.35 bits per heavy atom. The smallest absolute Gasteiger partial charge is 0.238 e. The van der Waals surface area contributed by atoms with Gasteiger partial charge < -0.3 is 5.32 Å². The highest BCUT2D eigenvalue weighted by molar-refractivity contribution is 7.89. The Morgan fingerprint density at radius 2 is 2.10 bits per heavy atom. The number of primary sulfonamides is 1. The lowest BCUT2D eigenvalue weighted by atomic mass is 9.76.